The van der Waals surface area contributed by atoms with Crippen LogP contribution in [0.1, 0.15) is 40.5 Å². The Balaban J connectivity index is 2.24. The maximum Gasteiger partial charge on any atom is 0.410 e. The second-order valence-corrected chi connectivity index (χ2v) is 7.45. The zero-order valence-corrected chi connectivity index (χ0v) is 15.1. The fraction of sp³-hybridized carbons (Fsp3) is 0.933. The molecule has 1 heterocycles. The summed E-state index contributed by atoms with van der Waals surface area (Å²) in [5.41, 5.74) is -0.467. The van der Waals surface area contributed by atoms with Crippen molar-refractivity contribution in [1.29, 1.82) is 0 Å². The van der Waals surface area contributed by atoms with E-state index in [9.17, 15) is 4.79 Å². The summed E-state index contributed by atoms with van der Waals surface area (Å²) in [5, 5.41) is 0. The first-order chi connectivity index (χ1) is 9.83. The van der Waals surface area contributed by atoms with Crippen molar-refractivity contribution >= 4 is 22.0 Å². The zero-order valence-electron chi connectivity index (χ0n) is 13.6. The Labute approximate surface area is 136 Å². The van der Waals surface area contributed by atoms with Crippen LogP contribution >= 0.6 is 15.9 Å². The van der Waals surface area contributed by atoms with Crippen LogP contribution in [0, 0.1) is 0 Å². The average Bonchev–Trinajstić information content (AvgIpc) is 2.73. The monoisotopic (exact) mass is 365 g/mol. The number of nitrogens with zero attached hydrogens (tertiary/aromatic N) is 1. The molecule has 0 aromatic carbocycles. The molecule has 0 aromatic rings. The molecule has 0 spiro atoms. The number of unbranched alkanes of at least 4 members (excludes halogenated alkanes) is 1. The lowest BCUT2D eigenvalue weighted by molar-refractivity contribution is 0.00377. The third-order valence-electron chi connectivity index (χ3n) is 3.05. The quantitative estimate of drug-likeness (QED) is 0.513. The maximum absolute atomic E-state index is 12.0. The summed E-state index contributed by atoms with van der Waals surface area (Å²) in [6, 6.07) is 0. The second kappa shape index (κ2) is 8.96. The highest BCUT2D eigenvalue weighted by atomic mass is 79.9. The van der Waals surface area contributed by atoms with Gasteiger partial charge < -0.3 is 19.1 Å². The van der Waals surface area contributed by atoms with E-state index in [-0.39, 0.29) is 17.0 Å². The minimum atomic E-state index is -0.467. The van der Waals surface area contributed by atoms with E-state index in [2.05, 4.69) is 22.9 Å². The summed E-state index contributed by atoms with van der Waals surface area (Å²) in [6.07, 6.45) is 1.93. The highest BCUT2D eigenvalue weighted by Crippen LogP contribution is 2.22. The number of carbonyl (C=O) groups excluding carboxylic acids is 1. The zero-order chi connectivity index (χ0) is 15.9. The van der Waals surface area contributed by atoms with Gasteiger partial charge in [0.25, 0.3) is 0 Å². The van der Waals surface area contributed by atoms with Gasteiger partial charge in [0.15, 0.2) is 0 Å². The molecule has 0 bridgehead atoms. The molecule has 6 heteroatoms. The smallest absolute Gasteiger partial charge is 0.410 e. The van der Waals surface area contributed by atoms with E-state index in [1.165, 1.54) is 0 Å². The van der Waals surface area contributed by atoms with Crippen molar-refractivity contribution in [3.05, 3.63) is 0 Å². The SMILES string of the molecule is CCCCOCCOC1CN(C(=O)OC(C)(C)C)CC1Br. The molecule has 1 aliphatic rings. The van der Waals surface area contributed by atoms with Gasteiger partial charge in [-0.25, -0.2) is 4.79 Å². The van der Waals surface area contributed by atoms with Gasteiger partial charge in [-0.05, 0) is 27.2 Å². The van der Waals surface area contributed by atoms with Crippen molar-refractivity contribution in [2.24, 2.45) is 0 Å². The summed E-state index contributed by atoms with van der Waals surface area (Å²) in [7, 11) is 0. The van der Waals surface area contributed by atoms with Gasteiger partial charge in [-0.1, -0.05) is 29.3 Å². The fourth-order valence-electron chi connectivity index (χ4n) is 1.97. The Kier molecular flexibility index (Phi) is 7.98. The van der Waals surface area contributed by atoms with Crippen LogP contribution in [-0.4, -0.2) is 60.4 Å². The van der Waals surface area contributed by atoms with Crippen LogP contribution in [0.4, 0.5) is 4.79 Å². The summed E-state index contributed by atoms with van der Waals surface area (Å²) in [4.78, 5) is 13.8. The molecule has 2 atom stereocenters. The molecular formula is C15H28BrNO4. The summed E-state index contributed by atoms with van der Waals surface area (Å²) >= 11 is 3.57. The standard InChI is InChI=1S/C15H28BrNO4/c1-5-6-7-19-8-9-20-13-11-17(10-12(13)16)14(18)21-15(2,3)4/h12-13H,5-11H2,1-4H3. The molecule has 21 heavy (non-hydrogen) atoms. The van der Waals surface area contributed by atoms with E-state index in [0.717, 1.165) is 19.4 Å². The summed E-state index contributed by atoms with van der Waals surface area (Å²) < 4.78 is 16.6. The minimum Gasteiger partial charge on any atom is -0.444 e. The van der Waals surface area contributed by atoms with E-state index in [1.54, 1.807) is 4.90 Å². The number of hydrogen-bond acceptors (Lipinski definition) is 4. The first kappa shape index (κ1) is 18.7. The Morgan fingerprint density at radius 1 is 1.24 bits per heavy atom. The van der Waals surface area contributed by atoms with Gasteiger partial charge >= 0.3 is 6.09 Å². The van der Waals surface area contributed by atoms with Crippen LogP contribution in [0.15, 0.2) is 0 Å². The Bertz CT molecular complexity index is 319. The van der Waals surface area contributed by atoms with E-state index in [0.29, 0.717) is 26.3 Å². The summed E-state index contributed by atoms with van der Waals surface area (Å²) in [6.45, 7) is 10.8. The first-order valence-corrected chi connectivity index (χ1v) is 8.56. The Morgan fingerprint density at radius 3 is 2.57 bits per heavy atom. The van der Waals surface area contributed by atoms with Crippen LogP contribution < -0.4 is 0 Å². The lowest BCUT2D eigenvalue weighted by atomic mass is 10.2. The molecule has 2 unspecified atom stereocenters. The number of likely N-dealkylation sites (tertiary alicyclic amines) is 1. The number of hydrogen-bond donors (Lipinski definition) is 0. The third-order valence-corrected chi connectivity index (χ3v) is 3.93. The van der Waals surface area contributed by atoms with Gasteiger partial charge in [0.05, 0.1) is 30.7 Å². The van der Waals surface area contributed by atoms with Gasteiger partial charge in [0.1, 0.15) is 5.60 Å². The van der Waals surface area contributed by atoms with Crippen LogP contribution in [0.3, 0.4) is 0 Å². The van der Waals surface area contributed by atoms with E-state index in [1.807, 2.05) is 20.8 Å². The second-order valence-electron chi connectivity index (χ2n) is 6.28. The molecule has 0 radical (unpaired) electrons. The molecule has 0 N–H and O–H groups in total. The van der Waals surface area contributed by atoms with Crippen LogP contribution in [0.25, 0.3) is 0 Å². The first-order valence-electron chi connectivity index (χ1n) is 7.65. The lowest BCUT2D eigenvalue weighted by Gasteiger charge is -2.24. The third kappa shape index (κ3) is 7.47. The van der Waals surface area contributed by atoms with E-state index in [4.69, 9.17) is 14.2 Å². The largest absolute Gasteiger partial charge is 0.444 e. The van der Waals surface area contributed by atoms with Gasteiger partial charge in [-0.15, -0.1) is 0 Å². The molecule has 1 saturated heterocycles. The average molecular weight is 366 g/mol. The molecule has 0 aromatic heterocycles. The number of carbonyl (C=O) groups is 1. The molecule has 1 aliphatic heterocycles. The summed E-state index contributed by atoms with van der Waals surface area (Å²) in [5.74, 6) is 0. The van der Waals surface area contributed by atoms with Crippen LogP contribution in [-0.2, 0) is 14.2 Å². The van der Waals surface area contributed by atoms with Crippen molar-refractivity contribution in [3.63, 3.8) is 0 Å². The molecule has 5 nitrogen and oxygen atoms in total. The molecule has 0 aliphatic carbocycles. The number of ether oxygens (including phenoxy) is 3. The van der Waals surface area contributed by atoms with Crippen molar-refractivity contribution in [1.82, 2.24) is 4.90 Å². The van der Waals surface area contributed by atoms with E-state index < -0.39 is 5.60 Å². The molecule has 1 rings (SSSR count). The van der Waals surface area contributed by atoms with Crippen LogP contribution in [0.2, 0.25) is 0 Å². The highest BCUT2D eigenvalue weighted by molar-refractivity contribution is 9.09. The molecule has 0 saturated carbocycles. The predicted molar refractivity (Wildman–Crippen MR) is 86.0 cm³/mol. The number of rotatable bonds is 7. The molecule has 124 valence electrons. The topological polar surface area (TPSA) is 48.0 Å². The Hall–Kier alpha value is -0.330. The number of halogens is 1. The van der Waals surface area contributed by atoms with Crippen LogP contribution in [0.5, 0.6) is 0 Å². The van der Waals surface area contributed by atoms with Crippen molar-refractivity contribution in [2.45, 2.75) is 57.1 Å². The van der Waals surface area contributed by atoms with E-state index >= 15 is 0 Å². The van der Waals surface area contributed by atoms with Gasteiger partial charge in [-0.3, -0.25) is 0 Å². The van der Waals surface area contributed by atoms with Crippen molar-refractivity contribution < 1.29 is 19.0 Å². The maximum atomic E-state index is 12.0. The molecular weight excluding hydrogens is 338 g/mol. The lowest BCUT2D eigenvalue weighted by Crippen LogP contribution is -2.36. The van der Waals surface area contributed by atoms with Gasteiger partial charge in [0, 0.05) is 13.2 Å². The Morgan fingerprint density at radius 2 is 1.95 bits per heavy atom. The number of alkyl halides is 1. The number of amides is 1. The minimum absolute atomic E-state index is 0.00714. The van der Waals surface area contributed by atoms with Crippen molar-refractivity contribution in [3.8, 4) is 0 Å². The van der Waals surface area contributed by atoms with Gasteiger partial charge in [-0.2, -0.15) is 0 Å². The fourth-order valence-corrected chi connectivity index (χ4v) is 2.64. The normalized spacial score (nSPS) is 22.6. The predicted octanol–water partition coefficient (Wildman–Crippen LogP) is 3.20. The molecule has 1 fully saturated rings. The van der Waals surface area contributed by atoms with Crippen molar-refractivity contribution in [2.75, 3.05) is 32.9 Å². The molecule has 1 amide bonds. The highest BCUT2D eigenvalue weighted by Gasteiger charge is 2.36. The van der Waals surface area contributed by atoms with Gasteiger partial charge in [0.2, 0.25) is 0 Å².